The van der Waals surface area contributed by atoms with E-state index in [-0.39, 0.29) is 24.4 Å². The molecule has 1 aliphatic heterocycles. The molecule has 5 nitrogen and oxygen atoms in total. The molecule has 2 N–H and O–H groups in total. The molecule has 2 rings (SSSR count). The standard InChI is InChI=1S/C16H24N2O3S/c1-2-5-12(19)11-17-16(21)14-7-3-8-18(14)15(20)10-13-6-4-9-22-13/h4,6,9,12,14,19H,2-3,5,7-8,10-11H2,1H3,(H,17,21). The van der Waals surface area contributed by atoms with Crippen LogP contribution < -0.4 is 5.32 Å². The maximum atomic E-state index is 12.4. The van der Waals surface area contributed by atoms with E-state index in [0.29, 0.717) is 25.8 Å². The van der Waals surface area contributed by atoms with Crippen LogP contribution in [-0.4, -0.2) is 47.1 Å². The van der Waals surface area contributed by atoms with Crippen molar-refractivity contribution >= 4 is 23.2 Å². The topological polar surface area (TPSA) is 69.6 Å². The summed E-state index contributed by atoms with van der Waals surface area (Å²) in [5.74, 6) is -0.138. The maximum absolute atomic E-state index is 12.4. The first kappa shape index (κ1) is 17.0. The Bertz CT molecular complexity index is 490. The Kier molecular flexibility index (Phi) is 6.39. The van der Waals surface area contributed by atoms with Gasteiger partial charge in [-0.2, -0.15) is 0 Å². The fourth-order valence-corrected chi connectivity index (χ4v) is 3.47. The second kappa shape index (κ2) is 8.29. The number of aliphatic hydroxyl groups is 1. The van der Waals surface area contributed by atoms with Crippen LogP contribution in [0.4, 0.5) is 0 Å². The summed E-state index contributed by atoms with van der Waals surface area (Å²) >= 11 is 1.56. The third-order valence-electron chi connectivity index (χ3n) is 3.92. The number of likely N-dealkylation sites (tertiary alicyclic amines) is 1. The maximum Gasteiger partial charge on any atom is 0.242 e. The quantitative estimate of drug-likeness (QED) is 0.800. The van der Waals surface area contributed by atoms with Crippen LogP contribution in [0.3, 0.4) is 0 Å². The number of nitrogens with zero attached hydrogens (tertiary/aromatic N) is 1. The highest BCUT2D eigenvalue weighted by atomic mass is 32.1. The Hall–Kier alpha value is -1.40. The molecule has 0 spiro atoms. The van der Waals surface area contributed by atoms with E-state index in [4.69, 9.17) is 0 Å². The van der Waals surface area contributed by atoms with Crippen molar-refractivity contribution < 1.29 is 14.7 Å². The fraction of sp³-hybridized carbons (Fsp3) is 0.625. The van der Waals surface area contributed by atoms with Gasteiger partial charge in [-0.1, -0.05) is 19.4 Å². The number of aliphatic hydroxyl groups excluding tert-OH is 1. The third-order valence-corrected chi connectivity index (χ3v) is 4.79. The van der Waals surface area contributed by atoms with Crippen molar-refractivity contribution in [3.63, 3.8) is 0 Å². The van der Waals surface area contributed by atoms with E-state index in [1.54, 1.807) is 16.2 Å². The predicted octanol–water partition coefficient (Wildman–Crippen LogP) is 1.56. The average Bonchev–Trinajstić information content (AvgIpc) is 3.15. The van der Waals surface area contributed by atoms with Gasteiger partial charge in [0.05, 0.1) is 12.5 Å². The minimum atomic E-state index is -0.509. The van der Waals surface area contributed by atoms with E-state index in [9.17, 15) is 14.7 Å². The van der Waals surface area contributed by atoms with Crippen LogP contribution in [0.1, 0.15) is 37.5 Å². The van der Waals surface area contributed by atoms with E-state index in [1.807, 2.05) is 24.4 Å². The molecule has 2 heterocycles. The fourth-order valence-electron chi connectivity index (χ4n) is 2.77. The number of rotatable bonds is 7. The van der Waals surface area contributed by atoms with Crippen LogP contribution in [0.2, 0.25) is 0 Å². The molecule has 0 radical (unpaired) electrons. The van der Waals surface area contributed by atoms with Gasteiger partial charge >= 0.3 is 0 Å². The van der Waals surface area contributed by atoms with Crippen molar-refractivity contribution in [2.24, 2.45) is 0 Å². The highest BCUT2D eigenvalue weighted by molar-refractivity contribution is 7.10. The Balaban J connectivity index is 1.86. The number of hydrogen-bond donors (Lipinski definition) is 2. The number of amides is 2. The predicted molar refractivity (Wildman–Crippen MR) is 86.7 cm³/mol. The number of carbonyl (C=O) groups excluding carboxylic acids is 2. The zero-order valence-electron chi connectivity index (χ0n) is 13.0. The molecule has 0 aliphatic carbocycles. The second-order valence-corrected chi connectivity index (χ2v) is 6.72. The molecule has 1 aromatic heterocycles. The van der Waals surface area contributed by atoms with E-state index < -0.39 is 6.10 Å². The molecule has 22 heavy (non-hydrogen) atoms. The summed E-state index contributed by atoms with van der Waals surface area (Å²) in [5, 5.41) is 14.4. The van der Waals surface area contributed by atoms with Gasteiger partial charge < -0.3 is 15.3 Å². The van der Waals surface area contributed by atoms with E-state index in [0.717, 1.165) is 17.7 Å². The van der Waals surface area contributed by atoms with Crippen molar-refractivity contribution in [1.29, 1.82) is 0 Å². The third kappa shape index (κ3) is 4.55. The molecule has 1 saturated heterocycles. The summed E-state index contributed by atoms with van der Waals surface area (Å²) in [6.07, 6.45) is 2.96. The Labute approximate surface area is 135 Å². The monoisotopic (exact) mass is 324 g/mol. The molecule has 122 valence electrons. The normalized spacial score (nSPS) is 19.2. The zero-order chi connectivity index (χ0) is 15.9. The van der Waals surface area contributed by atoms with E-state index in [1.165, 1.54) is 0 Å². The van der Waals surface area contributed by atoms with Crippen molar-refractivity contribution in [2.75, 3.05) is 13.1 Å². The molecule has 0 saturated carbocycles. The first-order valence-corrected chi connectivity index (χ1v) is 8.77. The van der Waals surface area contributed by atoms with Gasteiger partial charge in [-0.25, -0.2) is 0 Å². The first-order valence-electron chi connectivity index (χ1n) is 7.89. The minimum absolute atomic E-state index is 0.00852. The highest BCUT2D eigenvalue weighted by Crippen LogP contribution is 2.20. The summed E-state index contributed by atoms with van der Waals surface area (Å²) in [4.78, 5) is 27.3. The van der Waals surface area contributed by atoms with Crippen molar-refractivity contribution in [1.82, 2.24) is 10.2 Å². The van der Waals surface area contributed by atoms with Crippen molar-refractivity contribution in [3.8, 4) is 0 Å². The first-order chi connectivity index (χ1) is 10.6. The smallest absolute Gasteiger partial charge is 0.242 e. The Morgan fingerprint density at radius 2 is 2.36 bits per heavy atom. The number of nitrogens with one attached hydrogen (secondary N) is 1. The Morgan fingerprint density at radius 3 is 3.05 bits per heavy atom. The van der Waals surface area contributed by atoms with Gasteiger partial charge in [-0.3, -0.25) is 9.59 Å². The molecule has 2 atom stereocenters. The molecule has 0 bridgehead atoms. The molecular weight excluding hydrogens is 300 g/mol. The molecule has 1 fully saturated rings. The summed E-state index contributed by atoms with van der Waals surface area (Å²) in [5.41, 5.74) is 0. The molecule has 6 heteroatoms. The lowest BCUT2D eigenvalue weighted by molar-refractivity contribution is -0.138. The van der Waals surface area contributed by atoms with Gasteiger partial charge in [-0.05, 0) is 30.7 Å². The lowest BCUT2D eigenvalue weighted by atomic mass is 10.1. The average molecular weight is 324 g/mol. The molecule has 0 aromatic carbocycles. The summed E-state index contributed by atoms with van der Waals surface area (Å²) in [6, 6.07) is 3.48. The Morgan fingerprint density at radius 1 is 1.55 bits per heavy atom. The zero-order valence-corrected chi connectivity index (χ0v) is 13.8. The van der Waals surface area contributed by atoms with Gasteiger partial charge in [0.2, 0.25) is 11.8 Å². The lowest BCUT2D eigenvalue weighted by Crippen LogP contribution is -2.47. The largest absolute Gasteiger partial charge is 0.391 e. The van der Waals surface area contributed by atoms with Gasteiger partial charge in [0.25, 0.3) is 0 Å². The van der Waals surface area contributed by atoms with Crippen LogP contribution in [0, 0.1) is 0 Å². The van der Waals surface area contributed by atoms with Crippen molar-refractivity contribution in [2.45, 2.75) is 51.2 Å². The van der Waals surface area contributed by atoms with Gasteiger partial charge in [0.1, 0.15) is 6.04 Å². The molecular formula is C16H24N2O3S. The number of thiophene rings is 1. The van der Waals surface area contributed by atoms with Crippen LogP contribution in [0.5, 0.6) is 0 Å². The minimum Gasteiger partial charge on any atom is -0.391 e. The van der Waals surface area contributed by atoms with Gasteiger partial charge in [0.15, 0.2) is 0 Å². The van der Waals surface area contributed by atoms with Gasteiger partial charge in [-0.15, -0.1) is 11.3 Å². The summed E-state index contributed by atoms with van der Waals surface area (Å²) in [6.45, 7) is 2.89. The van der Waals surface area contributed by atoms with Crippen LogP contribution in [0.25, 0.3) is 0 Å². The number of hydrogen-bond acceptors (Lipinski definition) is 4. The van der Waals surface area contributed by atoms with Crippen LogP contribution in [0.15, 0.2) is 17.5 Å². The SMILES string of the molecule is CCCC(O)CNC(=O)C1CCCN1C(=O)Cc1cccs1. The van der Waals surface area contributed by atoms with Crippen molar-refractivity contribution in [3.05, 3.63) is 22.4 Å². The molecule has 2 amide bonds. The summed E-state index contributed by atoms with van der Waals surface area (Å²) in [7, 11) is 0. The molecule has 2 unspecified atom stereocenters. The van der Waals surface area contributed by atoms with Crippen LogP contribution >= 0.6 is 11.3 Å². The van der Waals surface area contributed by atoms with Gasteiger partial charge in [0, 0.05) is 18.0 Å². The van der Waals surface area contributed by atoms with E-state index >= 15 is 0 Å². The molecule has 1 aromatic rings. The number of carbonyl (C=O) groups is 2. The molecule has 1 aliphatic rings. The summed E-state index contributed by atoms with van der Waals surface area (Å²) < 4.78 is 0. The highest BCUT2D eigenvalue weighted by Gasteiger charge is 2.33. The van der Waals surface area contributed by atoms with E-state index in [2.05, 4.69) is 5.32 Å². The van der Waals surface area contributed by atoms with Crippen LogP contribution in [-0.2, 0) is 16.0 Å². The lowest BCUT2D eigenvalue weighted by Gasteiger charge is -2.24. The second-order valence-electron chi connectivity index (χ2n) is 5.69.